The highest BCUT2D eigenvalue weighted by Gasteiger charge is 2.52. The third-order valence-corrected chi connectivity index (χ3v) is 6.67. The summed E-state index contributed by atoms with van der Waals surface area (Å²) in [5.74, 6) is -2.30. The number of rotatable bonds is 14. The van der Waals surface area contributed by atoms with E-state index < -0.39 is 66.3 Å². The van der Waals surface area contributed by atoms with Crippen molar-refractivity contribution in [2.45, 2.75) is 90.4 Å². The molecule has 0 saturated carbocycles. The van der Waals surface area contributed by atoms with Gasteiger partial charge in [0.15, 0.2) is 24.6 Å². The first-order valence-electron chi connectivity index (χ1n) is 14.5. The molecule has 3 rings (SSSR count). The SMILES string of the molecule is CC(=O)OC[C@H]1O[C@@H](OCCCCc2ccc(OCc3cccc(C(F)(F)F)c3)cc2)[C@H](OC(C)=O)[C@@H](OC(C)=O)[C@@H]1OC(C)=O. The second kappa shape index (κ2) is 16.9. The van der Waals surface area contributed by atoms with Gasteiger partial charge in [-0.25, -0.2) is 0 Å². The molecule has 252 valence electrons. The molecular formula is C32H37F3O11. The molecule has 14 heteroatoms. The monoisotopic (exact) mass is 654 g/mol. The minimum absolute atomic E-state index is 0.0140. The van der Waals surface area contributed by atoms with Gasteiger partial charge in [0.1, 0.15) is 25.1 Å². The number of benzene rings is 2. The highest BCUT2D eigenvalue weighted by molar-refractivity contribution is 5.68. The van der Waals surface area contributed by atoms with E-state index in [1.807, 2.05) is 12.1 Å². The second-order valence-corrected chi connectivity index (χ2v) is 10.5. The number of halogens is 3. The van der Waals surface area contributed by atoms with E-state index in [0.717, 1.165) is 38.5 Å². The Kier molecular flexibility index (Phi) is 13.4. The van der Waals surface area contributed by atoms with Crippen LogP contribution in [0.3, 0.4) is 0 Å². The maximum Gasteiger partial charge on any atom is 0.416 e. The molecule has 46 heavy (non-hydrogen) atoms. The molecule has 1 aliphatic heterocycles. The zero-order valence-corrected chi connectivity index (χ0v) is 25.9. The molecule has 0 unspecified atom stereocenters. The fraction of sp³-hybridized carbons (Fsp3) is 0.500. The Morgan fingerprint density at radius 1 is 0.761 bits per heavy atom. The highest BCUT2D eigenvalue weighted by Crippen LogP contribution is 2.31. The third kappa shape index (κ3) is 11.6. The fourth-order valence-electron chi connectivity index (χ4n) is 4.71. The maximum absolute atomic E-state index is 12.9. The summed E-state index contributed by atoms with van der Waals surface area (Å²) in [6.07, 6.45) is -8.74. The molecule has 0 N–H and O–H groups in total. The summed E-state index contributed by atoms with van der Waals surface area (Å²) in [5, 5.41) is 0. The summed E-state index contributed by atoms with van der Waals surface area (Å²) in [4.78, 5) is 47.2. The molecule has 1 saturated heterocycles. The van der Waals surface area contributed by atoms with Crippen LogP contribution in [0.1, 0.15) is 57.2 Å². The summed E-state index contributed by atoms with van der Waals surface area (Å²) in [5.41, 5.74) is 0.649. The van der Waals surface area contributed by atoms with E-state index >= 15 is 0 Å². The van der Waals surface area contributed by atoms with Crippen molar-refractivity contribution in [1.82, 2.24) is 0 Å². The van der Waals surface area contributed by atoms with Crippen molar-refractivity contribution in [3.63, 3.8) is 0 Å². The van der Waals surface area contributed by atoms with Crippen LogP contribution < -0.4 is 4.74 Å². The van der Waals surface area contributed by atoms with Crippen molar-refractivity contribution in [3.8, 4) is 5.75 Å². The Labute approximate surface area is 264 Å². The van der Waals surface area contributed by atoms with Gasteiger partial charge in [0.25, 0.3) is 0 Å². The van der Waals surface area contributed by atoms with E-state index in [4.69, 9.17) is 33.2 Å². The number of esters is 4. The molecule has 11 nitrogen and oxygen atoms in total. The number of hydrogen-bond acceptors (Lipinski definition) is 11. The second-order valence-electron chi connectivity index (χ2n) is 10.5. The van der Waals surface area contributed by atoms with Crippen LogP contribution in [0.5, 0.6) is 5.75 Å². The lowest BCUT2D eigenvalue weighted by Crippen LogP contribution is -2.63. The smallest absolute Gasteiger partial charge is 0.416 e. The van der Waals surface area contributed by atoms with Gasteiger partial charge in [-0.15, -0.1) is 0 Å². The standard InChI is InChI=1S/C32H37F3O11/c1-19(36)41-18-27-28(43-20(2)37)29(44-21(3)38)30(45-22(4)39)31(46-27)40-15-6-5-8-23-11-13-26(14-12-23)42-17-24-9-7-10-25(16-24)32(33,34)35/h7,9-14,16,27-31H,5-6,8,15,17-18H2,1-4H3/t27-,28-,29+,30-,31-/m1/s1. The summed E-state index contributed by atoms with van der Waals surface area (Å²) >= 11 is 0. The molecule has 2 aromatic carbocycles. The quantitative estimate of drug-likeness (QED) is 0.159. The van der Waals surface area contributed by atoms with Crippen LogP contribution in [-0.2, 0) is 66.8 Å². The van der Waals surface area contributed by atoms with Gasteiger partial charge in [0.2, 0.25) is 0 Å². The normalized spacial score (nSPS) is 21.2. The molecule has 1 fully saturated rings. The van der Waals surface area contributed by atoms with Crippen molar-refractivity contribution in [2.75, 3.05) is 13.2 Å². The van der Waals surface area contributed by atoms with Crippen LogP contribution in [0.25, 0.3) is 0 Å². The van der Waals surface area contributed by atoms with Crippen LogP contribution >= 0.6 is 0 Å². The van der Waals surface area contributed by atoms with Crippen molar-refractivity contribution in [2.24, 2.45) is 0 Å². The number of hydrogen-bond donors (Lipinski definition) is 0. The average molecular weight is 655 g/mol. The van der Waals surface area contributed by atoms with Crippen molar-refractivity contribution in [3.05, 3.63) is 65.2 Å². The molecule has 0 spiro atoms. The average Bonchev–Trinajstić information content (AvgIpc) is 2.97. The van der Waals surface area contributed by atoms with Crippen LogP contribution in [-0.4, -0.2) is 67.8 Å². The molecule has 0 bridgehead atoms. The van der Waals surface area contributed by atoms with Gasteiger partial charge >= 0.3 is 30.1 Å². The molecule has 0 radical (unpaired) electrons. The minimum atomic E-state index is -4.43. The first-order chi connectivity index (χ1) is 21.7. The Morgan fingerprint density at radius 2 is 1.39 bits per heavy atom. The molecule has 1 heterocycles. The minimum Gasteiger partial charge on any atom is -0.489 e. The largest absolute Gasteiger partial charge is 0.489 e. The molecule has 5 atom stereocenters. The van der Waals surface area contributed by atoms with Gasteiger partial charge in [-0.2, -0.15) is 13.2 Å². The van der Waals surface area contributed by atoms with Crippen LogP contribution in [0.4, 0.5) is 13.2 Å². The Hall–Kier alpha value is -4.17. The lowest BCUT2D eigenvalue weighted by molar-refractivity contribution is -0.308. The molecule has 0 aromatic heterocycles. The summed E-state index contributed by atoms with van der Waals surface area (Å²) < 4.78 is 77.4. The first kappa shape index (κ1) is 36.3. The predicted molar refractivity (Wildman–Crippen MR) is 153 cm³/mol. The van der Waals surface area contributed by atoms with E-state index in [9.17, 15) is 32.3 Å². The van der Waals surface area contributed by atoms with Crippen LogP contribution in [0.15, 0.2) is 48.5 Å². The van der Waals surface area contributed by atoms with Crippen LogP contribution in [0.2, 0.25) is 0 Å². The van der Waals surface area contributed by atoms with E-state index in [1.165, 1.54) is 13.0 Å². The zero-order chi connectivity index (χ0) is 33.9. The number of carbonyl (C=O) groups is 4. The Morgan fingerprint density at radius 3 is 2.00 bits per heavy atom. The summed E-state index contributed by atoms with van der Waals surface area (Å²) in [6.45, 7) is 4.39. The number of carbonyl (C=O) groups excluding carboxylic acids is 4. The third-order valence-electron chi connectivity index (χ3n) is 6.67. The molecule has 1 aliphatic rings. The number of aryl methyl sites for hydroxylation is 1. The van der Waals surface area contributed by atoms with Gasteiger partial charge in [-0.3, -0.25) is 19.2 Å². The van der Waals surface area contributed by atoms with Gasteiger partial charge in [-0.05, 0) is 54.7 Å². The molecule has 0 amide bonds. The first-order valence-corrected chi connectivity index (χ1v) is 14.5. The van der Waals surface area contributed by atoms with E-state index in [-0.39, 0.29) is 19.8 Å². The van der Waals surface area contributed by atoms with E-state index in [0.29, 0.717) is 30.6 Å². The van der Waals surface area contributed by atoms with Crippen LogP contribution in [0, 0.1) is 0 Å². The highest BCUT2D eigenvalue weighted by atomic mass is 19.4. The number of alkyl halides is 3. The lowest BCUT2D eigenvalue weighted by Gasteiger charge is -2.44. The van der Waals surface area contributed by atoms with Crippen molar-refractivity contribution < 1.29 is 65.5 Å². The predicted octanol–water partition coefficient (Wildman–Crippen LogP) is 4.71. The number of ether oxygens (including phenoxy) is 7. The molecule has 2 aromatic rings. The molecule has 0 aliphatic carbocycles. The van der Waals surface area contributed by atoms with Gasteiger partial charge in [0.05, 0.1) is 5.56 Å². The van der Waals surface area contributed by atoms with Gasteiger partial charge < -0.3 is 33.2 Å². The van der Waals surface area contributed by atoms with Crippen molar-refractivity contribution in [1.29, 1.82) is 0 Å². The molecular weight excluding hydrogens is 617 g/mol. The summed E-state index contributed by atoms with van der Waals surface area (Å²) in [7, 11) is 0. The fourth-order valence-corrected chi connectivity index (χ4v) is 4.71. The zero-order valence-electron chi connectivity index (χ0n) is 25.9. The number of unbranched alkanes of at least 4 members (excludes halogenated alkanes) is 1. The van der Waals surface area contributed by atoms with Gasteiger partial charge in [0, 0.05) is 34.3 Å². The van der Waals surface area contributed by atoms with Crippen molar-refractivity contribution >= 4 is 23.9 Å². The Balaban J connectivity index is 1.56. The topological polar surface area (TPSA) is 133 Å². The lowest BCUT2D eigenvalue weighted by atomic mass is 9.98. The summed E-state index contributed by atoms with van der Waals surface area (Å²) in [6, 6.07) is 12.1. The Bertz CT molecular complexity index is 1330. The van der Waals surface area contributed by atoms with Gasteiger partial charge in [-0.1, -0.05) is 24.3 Å². The van der Waals surface area contributed by atoms with E-state index in [2.05, 4.69) is 0 Å². The maximum atomic E-state index is 12.9. The van der Waals surface area contributed by atoms with E-state index in [1.54, 1.807) is 18.2 Å².